The number of imidazole rings is 1. The second-order valence-electron chi connectivity index (χ2n) is 3.19. The molecule has 1 atom stereocenters. The zero-order valence-electron chi connectivity index (χ0n) is 7.44. The fourth-order valence-electron chi connectivity index (χ4n) is 1.27. The number of rotatable bonds is 2. The van der Waals surface area contributed by atoms with Crippen LogP contribution in [0.2, 0.25) is 0 Å². The Bertz CT molecular complexity index is 375. The molecule has 0 N–H and O–H groups in total. The molecule has 0 saturated carbocycles. The van der Waals surface area contributed by atoms with Crippen LogP contribution >= 0.6 is 15.9 Å². The van der Waals surface area contributed by atoms with Crippen molar-refractivity contribution in [2.24, 2.45) is 0 Å². The van der Waals surface area contributed by atoms with E-state index in [2.05, 4.69) is 38.4 Å². The summed E-state index contributed by atoms with van der Waals surface area (Å²) >= 11 is 3.46. The maximum atomic E-state index is 4.52. The van der Waals surface area contributed by atoms with Gasteiger partial charge in [-0.05, 0) is 12.1 Å². The van der Waals surface area contributed by atoms with Crippen molar-refractivity contribution in [2.75, 3.05) is 5.33 Å². The lowest BCUT2D eigenvalue weighted by Gasteiger charge is -1.99. The fourth-order valence-corrected chi connectivity index (χ4v) is 1.60. The molecule has 68 valence electrons. The van der Waals surface area contributed by atoms with Gasteiger partial charge in [-0.1, -0.05) is 28.9 Å². The minimum atomic E-state index is 0.472. The van der Waals surface area contributed by atoms with Crippen molar-refractivity contribution in [2.45, 2.75) is 12.8 Å². The third-order valence-electron chi connectivity index (χ3n) is 2.12. The van der Waals surface area contributed by atoms with Gasteiger partial charge in [0.2, 0.25) is 0 Å². The van der Waals surface area contributed by atoms with Crippen LogP contribution < -0.4 is 0 Å². The van der Waals surface area contributed by atoms with E-state index in [1.165, 1.54) is 0 Å². The highest BCUT2D eigenvalue weighted by Gasteiger charge is 2.07. The summed E-state index contributed by atoms with van der Waals surface area (Å²) in [5.74, 6) is 0.472. The van der Waals surface area contributed by atoms with Crippen LogP contribution in [0.1, 0.15) is 18.5 Å². The predicted octanol–water partition coefficient (Wildman–Crippen LogP) is 2.83. The van der Waals surface area contributed by atoms with Crippen molar-refractivity contribution in [3.63, 3.8) is 0 Å². The molecule has 0 aliphatic carbocycles. The van der Waals surface area contributed by atoms with Crippen LogP contribution in [0.5, 0.6) is 0 Å². The normalized spacial score (nSPS) is 13.4. The summed E-state index contributed by atoms with van der Waals surface area (Å²) in [5, 5.41) is 0.955. The number of fused-ring (bicyclic) bond motifs is 1. The molecule has 0 aliphatic rings. The Morgan fingerprint density at radius 3 is 3.08 bits per heavy atom. The molecule has 0 aliphatic heterocycles. The van der Waals surface area contributed by atoms with E-state index < -0.39 is 0 Å². The second kappa shape index (κ2) is 3.50. The lowest BCUT2D eigenvalue weighted by atomic mass is 10.2. The van der Waals surface area contributed by atoms with Crippen LogP contribution in [0.25, 0.3) is 5.65 Å². The summed E-state index contributed by atoms with van der Waals surface area (Å²) in [5.41, 5.74) is 2.16. The zero-order valence-corrected chi connectivity index (χ0v) is 9.03. The van der Waals surface area contributed by atoms with E-state index in [0.29, 0.717) is 5.92 Å². The second-order valence-corrected chi connectivity index (χ2v) is 3.83. The molecule has 13 heavy (non-hydrogen) atoms. The number of hydrogen-bond acceptors (Lipinski definition) is 1. The van der Waals surface area contributed by atoms with Gasteiger partial charge in [0.05, 0.1) is 5.69 Å². The molecular weight excluding hydrogens is 228 g/mol. The van der Waals surface area contributed by atoms with Crippen LogP contribution in [0.3, 0.4) is 0 Å². The maximum absolute atomic E-state index is 4.52. The van der Waals surface area contributed by atoms with Gasteiger partial charge in [0.15, 0.2) is 0 Å². The van der Waals surface area contributed by atoms with Crippen molar-refractivity contribution >= 4 is 21.6 Å². The molecule has 0 aromatic carbocycles. The van der Waals surface area contributed by atoms with Crippen molar-refractivity contribution in [3.8, 4) is 0 Å². The van der Waals surface area contributed by atoms with Gasteiger partial charge < -0.3 is 4.40 Å². The molecule has 0 spiro atoms. The highest BCUT2D eigenvalue weighted by atomic mass is 79.9. The van der Waals surface area contributed by atoms with E-state index in [1.54, 1.807) is 0 Å². The Morgan fingerprint density at radius 1 is 1.54 bits per heavy atom. The van der Waals surface area contributed by atoms with Crippen molar-refractivity contribution in [3.05, 3.63) is 36.3 Å². The Labute approximate surface area is 85.7 Å². The molecular formula is C10H11BrN2. The minimum absolute atomic E-state index is 0.472. The molecule has 2 nitrogen and oxygen atoms in total. The van der Waals surface area contributed by atoms with Gasteiger partial charge in [-0.15, -0.1) is 0 Å². The predicted molar refractivity (Wildman–Crippen MR) is 57.4 cm³/mol. The van der Waals surface area contributed by atoms with E-state index in [4.69, 9.17) is 0 Å². The van der Waals surface area contributed by atoms with Crippen molar-refractivity contribution < 1.29 is 0 Å². The number of hydrogen-bond donors (Lipinski definition) is 0. The highest BCUT2D eigenvalue weighted by molar-refractivity contribution is 9.09. The Balaban J connectivity index is 2.49. The van der Waals surface area contributed by atoms with Crippen molar-refractivity contribution in [1.29, 1.82) is 0 Å². The monoisotopic (exact) mass is 238 g/mol. The van der Waals surface area contributed by atoms with Crippen LogP contribution in [-0.4, -0.2) is 14.7 Å². The molecule has 2 aromatic rings. The van der Waals surface area contributed by atoms with Crippen LogP contribution in [0.15, 0.2) is 30.6 Å². The van der Waals surface area contributed by atoms with Gasteiger partial charge in [-0.25, -0.2) is 4.98 Å². The first-order chi connectivity index (χ1) is 6.31. The third-order valence-corrected chi connectivity index (χ3v) is 3.09. The molecule has 3 heteroatoms. The molecule has 2 rings (SSSR count). The van der Waals surface area contributed by atoms with Crippen LogP contribution in [0.4, 0.5) is 0 Å². The number of halogens is 1. The average Bonchev–Trinajstić information content (AvgIpc) is 2.59. The van der Waals surface area contributed by atoms with Gasteiger partial charge in [-0.3, -0.25) is 0 Å². The third kappa shape index (κ3) is 1.61. The number of pyridine rings is 1. The summed E-state index contributed by atoms with van der Waals surface area (Å²) in [6.07, 6.45) is 4.11. The Hall–Kier alpha value is -0.830. The van der Waals surface area contributed by atoms with Gasteiger partial charge >= 0.3 is 0 Å². The Morgan fingerprint density at radius 2 is 2.38 bits per heavy atom. The summed E-state index contributed by atoms with van der Waals surface area (Å²) in [6.45, 7) is 2.16. The molecule has 0 saturated heterocycles. The lowest BCUT2D eigenvalue weighted by Crippen LogP contribution is -1.93. The lowest BCUT2D eigenvalue weighted by molar-refractivity contribution is 0.853. The average molecular weight is 239 g/mol. The van der Waals surface area contributed by atoms with Gasteiger partial charge in [-0.2, -0.15) is 0 Å². The number of nitrogens with zero attached hydrogens (tertiary/aromatic N) is 2. The summed E-state index contributed by atoms with van der Waals surface area (Å²) < 4.78 is 2.05. The van der Waals surface area contributed by atoms with Crippen LogP contribution in [-0.2, 0) is 0 Å². The fraction of sp³-hybridized carbons (Fsp3) is 0.300. The molecule has 0 radical (unpaired) electrons. The topological polar surface area (TPSA) is 17.3 Å². The summed E-state index contributed by atoms with van der Waals surface area (Å²) in [4.78, 5) is 4.52. The maximum Gasteiger partial charge on any atom is 0.136 e. The first-order valence-electron chi connectivity index (χ1n) is 4.31. The molecule has 0 bridgehead atoms. The van der Waals surface area contributed by atoms with Crippen molar-refractivity contribution in [1.82, 2.24) is 9.38 Å². The first-order valence-corrected chi connectivity index (χ1v) is 5.43. The van der Waals surface area contributed by atoms with Gasteiger partial charge in [0, 0.05) is 23.6 Å². The quantitative estimate of drug-likeness (QED) is 0.736. The van der Waals surface area contributed by atoms with Crippen LogP contribution in [0, 0.1) is 0 Å². The largest absolute Gasteiger partial charge is 0.307 e. The summed E-state index contributed by atoms with van der Waals surface area (Å²) in [6, 6.07) is 6.03. The first kappa shape index (κ1) is 8.75. The van der Waals surface area contributed by atoms with E-state index in [1.807, 2.05) is 24.4 Å². The van der Waals surface area contributed by atoms with Gasteiger partial charge in [0.1, 0.15) is 5.65 Å². The molecule has 2 aromatic heterocycles. The summed E-state index contributed by atoms with van der Waals surface area (Å²) in [7, 11) is 0. The Kier molecular flexibility index (Phi) is 2.36. The smallest absolute Gasteiger partial charge is 0.136 e. The zero-order chi connectivity index (χ0) is 9.26. The number of alkyl halides is 1. The standard InChI is InChI=1S/C10H11BrN2/c1-8(6-11)9-7-13-5-3-2-4-10(13)12-9/h2-5,7-8H,6H2,1H3. The highest BCUT2D eigenvalue weighted by Crippen LogP contribution is 2.16. The molecule has 0 fully saturated rings. The van der Waals surface area contributed by atoms with E-state index in [0.717, 1.165) is 16.7 Å². The van der Waals surface area contributed by atoms with E-state index in [9.17, 15) is 0 Å². The molecule has 1 unspecified atom stereocenters. The molecule has 0 amide bonds. The van der Waals surface area contributed by atoms with E-state index in [-0.39, 0.29) is 0 Å². The number of aromatic nitrogens is 2. The molecule has 2 heterocycles. The SMILES string of the molecule is CC(CBr)c1cn2ccccc2n1. The van der Waals surface area contributed by atoms with Gasteiger partial charge in [0.25, 0.3) is 0 Å². The van der Waals surface area contributed by atoms with E-state index >= 15 is 0 Å². The minimum Gasteiger partial charge on any atom is -0.307 e.